The van der Waals surface area contributed by atoms with Gasteiger partial charge in [0.05, 0.1) is 24.2 Å². The van der Waals surface area contributed by atoms with E-state index in [1.54, 1.807) is 0 Å². The van der Waals surface area contributed by atoms with Crippen LogP contribution in [0.4, 0.5) is 0 Å². The van der Waals surface area contributed by atoms with Crippen LogP contribution in [0, 0.1) is 5.92 Å². The number of aliphatic hydroxyl groups excluding tert-OH is 2. The number of hydrogen-bond acceptors (Lipinski definition) is 5. The summed E-state index contributed by atoms with van der Waals surface area (Å²) in [5.41, 5.74) is 0. The molecule has 15 heavy (non-hydrogen) atoms. The lowest BCUT2D eigenvalue weighted by atomic mass is 10.0. The summed E-state index contributed by atoms with van der Waals surface area (Å²) in [5.74, 6) is -0.0244. The van der Waals surface area contributed by atoms with Crippen molar-refractivity contribution >= 4 is 9.84 Å². The van der Waals surface area contributed by atoms with Gasteiger partial charge in [0.1, 0.15) is 0 Å². The van der Waals surface area contributed by atoms with Crippen molar-refractivity contribution in [2.75, 3.05) is 18.1 Å². The number of nitrogens with one attached hydrogen (secondary N) is 1. The van der Waals surface area contributed by atoms with Crippen LogP contribution in [0.25, 0.3) is 0 Å². The molecule has 0 bridgehead atoms. The van der Waals surface area contributed by atoms with Crippen molar-refractivity contribution in [1.29, 1.82) is 0 Å². The van der Waals surface area contributed by atoms with Crippen LogP contribution in [0.3, 0.4) is 0 Å². The van der Waals surface area contributed by atoms with Crippen LogP contribution in [-0.2, 0) is 9.84 Å². The van der Waals surface area contributed by atoms with Crippen LogP contribution in [0.5, 0.6) is 0 Å². The molecule has 0 radical (unpaired) electrons. The van der Waals surface area contributed by atoms with Crippen molar-refractivity contribution in [2.45, 2.75) is 32.0 Å². The lowest BCUT2D eigenvalue weighted by Gasteiger charge is -2.25. The molecule has 1 heterocycles. The summed E-state index contributed by atoms with van der Waals surface area (Å²) in [6.07, 6.45) is -0.859. The summed E-state index contributed by atoms with van der Waals surface area (Å²) < 4.78 is 22.5. The monoisotopic (exact) mass is 237 g/mol. The maximum atomic E-state index is 11.2. The Bertz CT molecular complexity index is 301. The van der Waals surface area contributed by atoms with Gasteiger partial charge in [0.25, 0.3) is 0 Å². The molecule has 0 spiro atoms. The zero-order valence-corrected chi connectivity index (χ0v) is 9.87. The molecule has 0 aromatic heterocycles. The van der Waals surface area contributed by atoms with Crippen molar-refractivity contribution in [3.63, 3.8) is 0 Å². The molecule has 1 aliphatic rings. The Hall–Kier alpha value is -0.170. The first-order valence-corrected chi connectivity index (χ1v) is 6.93. The molecule has 1 saturated heterocycles. The number of hydrogen-bond donors (Lipinski definition) is 3. The third-order valence-corrected chi connectivity index (χ3v) is 4.47. The molecule has 0 amide bonds. The van der Waals surface area contributed by atoms with Gasteiger partial charge in [0, 0.05) is 12.1 Å². The first-order valence-electron chi connectivity index (χ1n) is 5.11. The molecule has 3 N–H and O–H groups in total. The highest BCUT2D eigenvalue weighted by atomic mass is 32.2. The number of rotatable bonds is 4. The van der Waals surface area contributed by atoms with E-state index in [2.05, 4.69) is 5.32 Å². The lowest BCUT2D eigenvalue weighted by molar-refractivity contribution is 0.134. The Morgan fingerprint density at radius 1 is 1.40 bits per heavy atom. The highest BCUT2D eigenvalue weighted by molar-refractivity contribution is 7.91. The molecule has 6 heteroatoms. The maximum Gasteiger partial charge on any atom is 0.154 e. The van der Waals surface area contributed by atoms with Crippen LogP contribution in [0.15, 0.2) is 0 Å². The second kappa shape index (κ2) is 4.78. The molecular formula is C9H19NO4S. The molecule has 0 aliphatic carbocycles. The highest BCUT2D eigenvalue weighted by Crippen LogP contribution is 2.14. The number of aliphatic hydroxyl groups is 2. The second-order valence-corrected chi connectivity index (χ2v) is 6.60. The van der Waals surface area contributed by atoms with E-state index in [9.17, 15) is 13.5 Å². The van der Waals surface area contributed by atoms with Gasteiger partial charge in [-0.2, -0.15) is 0 Å². The van der Waals surface area contributed by atoms with E-state index < -0.39 is 22.0 Å². The highest BCUT2D eigenvalue weighted by Gasteiger charge is 2.37. The fourth-order valence-corrected chi connectivity index (χ4v) is 3.47. The van der Waals surface area contributed by atoms with Crippen LogP contribution in [-0.4, -0.2) is 54.9 Å². The van der Waals surface area contributed by atoms with Gasteiger partial charge in [-0.15, -0.1) is 0 Å². The van der Waals surface area contributed by atoms with Gasteiger partial charge in [0.15, 0.2) is 9.84 Å². The van der Waals surface area contributed by atoms with Crippen molar-refractivity contribution in [1.82, 2.24) is 5.32 Å². The number of sulfone groups is 1. The van der Waals surface area contributed by atoms with Crippen molar-refractivity contribution in [2.24, 2.45) is 5.92 Å². The fourth-order valence-electron chi connectivity index (χ4n) is 1.72. The standard InChI is InChI=1S/C9H19NO4S/c1-6(2)7(3-11)10-8-4-15(13,14)5-9(8)12/h6-12H,3-5H2,1-2H3. The van der Waals surface area contributed by atoms with E-state index in [0.29, 0.717) is 0 Å². The van der Waals surface area contributed by atoms with Gasteiger partial charge in [0.2, 0.25) is 0 Å². The molecule has 1 aliphatic heterocycles. The van der Waals surface area contributed by atoms with Crippen LogP contribution < -0.4 is 5.32 Å². The summed E-state index contributed by atoms with van der Waals surface area (Å²) in [5, 5.41) is 21.6. The molecule has 90 valence electrons. The average Bonchev–Trinajstić information content (AvgIpc) is 2.34. The zero-order chi connectivity index (χ0) is 11.6. The van der Waals surface area contributed by atoms with Gasteiger partial charge in [-0.1, -0.05) is 13.8 Å². The molecule has 5 nitrogen and oxygen atoms in total. The molecule has 1 rings (SSSR count). The van der Waals surface area contributed by atoms with Gasteiger partial charge >= 0.3 is 0 Å². The summed E-state index contributed by atoms with van der Waals surface area (Å²) >= 11 is 0. The van der Waals surface area contributed by atoms with Gasteiger partial charge in [-0.05, 0) is 5.92 Å². The quantitative estimate of drug-likeness (QED) is 0.569. The smallest absolute Gasteiger partial charge is 0.154 e. The SMILES string of the molecule is CC(C)C(CO)NC1CS(=O)(=O)CC1O. The molecule has 0 saturated carbocycles. The topological polar surface area (TPSA) is 86.6 Å². The average molecular weight is 237 g/mol. The predicted molar refractivity (Wildman–Crippen MR) is 57.3 cm³/mol. The second-order valence-electron chi connectivity index (χ2n) is 4.45. The Kier molecular flexibility index (Phi) is 4.11. The van der Waals surface area contributed by atoms with Crippen molar-refractivity contribution in [3.8, 4) is 0 Å². The summed E-state index contributed by atoms with van der Waals surface area (Å²) in [6.45, 7) is 3.81. The van der Waals surface area contributed by atoms with E-state index in [1.807, 2.05) is 13.8 Å². The predicted octanol–water partition coefficient (Wildman–Crippen LogP) is -1.25. The Balaban J connectivity index is 2.59. The van der Waals surface area contributed by atoms with Crippen LogP contribution >= 0.6 is 0 Å². The van der Waals surface area contributed by atoms with E-state index >= 15 is 0 Å². The van der Waals surface area contributed by atoms with Crippen molar-refractivity contribution in [3.05, 3.63) is 0 Å². The normalized spacial score (nSPS) is 32.1. The Morgan fingerprint density at radius 2 is 2.00 bits per heavy atom. The third-order valence-electron chi connectivity index (χ3n) is 2.75. The largest absolute Gasteiger partial charge is 0.395 e. The van der Waals surface area contributed by atoms with Crippen LogP contribution in [0.2, 0.25) is 0 Å². The minimum atomic E-state index is -3.12. The molecule has 1 fully saturated rings. The lowest BCUT2D eigenvalue weighted by Crippen LogP contribution is -2.48. The van der Waals surface area contributed by atoms with Gasteiger partial charge in [-0.25, -0.2) is 8.42 Å². The molecular weight excluding hydrogens is 218 g/mol. The summed E-state index contributed by atoms with van der Waals surface area (Å²) in [6, 6.07) is -0.618. The van der Waals surface area contributed by atoms with Crippen molar-refractivity contribution < 1.29 is 18.6 Å². The van der Waals surface area contributed by atoms with E-state index in [1.165, 1.54) is 0 Å². The van der Waals surface area contributed by atoms with E-state index in [0.717, 1.165) is 0 Å². The Morgan fingerprint density at radius 3 is 2.33 bits per heavy atom. The van der Waals surface area contributed by atoms with E-state index in [-0.39, 0.29) is 30.1 Å². The molecule has 0 aromatic rings. The maximum absolute atomic E-state index is 11.2. The first kappa shape index (κ1) is 12.9. The first-order chi connectivity index (χ1) is 6.85. The van der Waals surface area contributed by atoms with Gasteiger partial charge in [-0.3, -0.25) is 0 Å². The molecule has 3 unspecified atom stereocenters. The van der Waals surface area contributed by atoms with E-state index in [4.69, 9.17) is 5.11 Å². The third kappa shape index (κ3) is 3.41. The fraction of sp³-hybridized carbons (Fsp3) is 1.00. The Labute approximate surface area is 90.4 Å². The van der Waals surface area contributed by atoms with Crippen LogP contribution in [0.1, 0.15) is 13.8 Å². The summed E-state index contributed by atoms with van der Waals surface area (Å²) in [4.78, 5) is 0. The minimum Gasteiger partial charge on any atom is -0.395 e. The molecule has 3 atom stereocenters. The zero-order valence-electron chi connectivity index (χ0n) is 9.05. The molecule has 0 aromatic carbocycles. The van der Waals surface area contributed by atoms with Gasteiger partial charge < -0.3 is 15.5 Å². The summed E-state index contributed by atoms with van der Waals surface area (Å²) in [7, 11) is -3.12. The minimum absolute atomic E-state index is 0.0443.